The molecule has 0 aromatic heterocycles. The van der Waals surface area contributed by atoms with Gasteiger partial charge >= 0.3 is 0 Å². The summed E-state index contributed by atoms with van der Waals surface area (Å²) in [6, 6.07) is 0. The number of hydrogen-bond acceptors (Lipinski definition) is 3. The lowest BCUT2D eigenvalue weighted by Gasteiger charge is -2.22. The van der Waals surface area contributed by atoms with Gasteiger partial charge in [-0.05, 0) is 39.0 Å². The Morgan fingerprint density at radius 3 is 2.87 bits per heavy atom. The number of aliphatic hydroxyl groups is 1. The maximum atomic E-state index is 9.06. The molecule has 0 aliphatic carbocycles. The van der Waals surface area contributed by atoms with Crippen molar-refractivity contribution in [1.82, 2.24) is 0 Å². The van der Waals surface area contributed by atoms with Gasteiger partial charge in [0, 0.05) is 13.2 Å². The molecule has 0 radical (unpaired) electrons. The number of ether oxygens (including phenoxy) is 2. The number of hydrogen-bond donors (Lipinski definition) is 1. The highest BCUT2D eigenvalue weighted by Gasteiger charge is 2.13. The molecule has 1 heterocycles. The smallest absolute Gasteiger partial charge is 0.157 e. The Morgan fingerprint density at radius 1 is 1.33 bits per heavy atom. The van der Waals surface area contributed by atoms with Crippen molar-refractivity contribution >= 4 is 0 Å². The lowest BCUT2D eigenvalue weighted by Crippen LogP contribution is -2.22. The molecule has 1 fully saturated rings. The molecule has 3 nitrogen and oxygen atoms in total. The molecule has 0 aromatic carbocycles. The minimum absolute atomic E-state index is 0.0514. The average molecular weight is 216 g/mol. The Kier molecular flexibility index (Phi) is 6.98. The average Bonchev–Trinajstić information content (AvgIpc) is 2.24. The molecule has 0 bridgehead atoms. The Morgan fingerprint density at radius 2 is 2.20 bits per heavy atom. The van der Waals surface area contributed by atoms with Gasteiger partial charge in [-0.3, -0.25) is 0 Å². The van der Waals surface area contributed by atoms with Crippen LogP contribution < -0.4 is 0 Å². The second-order valence-corrected chi connectivity index (χ2v) is 4.37. The zero-order valence-corrected chi connectivity index (χ0v) is 9.78. The summed E-state index contributed by atoms with van der Waals surface area (Å²) in [5, 5.41) is 9.06. The van der Waals surface area contributed by atoms with Crippen molar-refractivity contribution in [2.24, 2.45) is 0 Å². The summed E-state index contributed by atoms with van der Waals surface area (Å²) in [5.74, 6) is 0. The third-order valence-corrected chi connectivity index (χ3v) is 2.71. The van der Waals surface area contributed by atoms with E-state index in [2.05, 4.69) is 0 Å². The van der Waals surface area contributed by atoms with Crippen molar-refractivity contribution in [3.63, 3.8) is 0 Å². The van der Waals surface area contributed by atoms with Crippen LogP contribution in [0.4, 0.5) is 0 Å². The first kappa shape index (κ1) is 12.9. The van der Waals surface area contributed by atoms with Crippen molar-refractivity contribution in [2.75, 3.05) is 13.2 Å². The maximum absolute atomic E-state index is 9.06. The first-order valence-corrected chi connectivity index (χ1v) is 6.20. The highest BCUT2D eigenvalue weighted by Crippen LogP contribution is 2.14. The molecule has 1 aliphatic heterocycles. The van der Waals surface area contributed by atoms with Gasteiger partial charge in [0.05, 0.1) is 6.10 Å². The van der Waals surface area contributed by atoms with Crippen LogP contribution in [0, 0.1) is 0 Å². The maximum Gasteiger partial charge on any atom is 0.157 e. The van der Waals surface area contributed by atoms with E-state index in [1.807, 2.05) is 6.92 Å². The van der Waals surface area contributed by atoms with Crippen molar-refractivity contribution < 1.29 is 14.6 Å². The molecule has 0 spiro atoms. The molecule has 1 saturated heterocycles. The van der Waals surface area contributed by atoms with E-state index in [1.165, 1.54) is 12.8 Å². The SMILES string of the molecule is C[C@@H](O)CCCCCOC1CCCCO1. The quantitative estimate of drug-likeness (QED) is 0.664. The first-order valence-electron chi connectivity index (χ1n) is 6.20. The zero-order chi connectivity index (χ0) is 10.9. The minimum atomic E-state index is -0.160. The van der Waals surface area contributed by atoms with Crippen LogP contribution >= 0.6 is 0 Å². The van der Waals surface area contributed by atoms with Gasteiger partial charge in [-0.1, -0.05) is 12.8 Å². The Hall–Kier alpha value is -0.120. The van der Waals surface area contributed by atoms with Gasteiger partial charge in [-0.15, -0.1) is 0 Å². The van der Waals surface area contributed by atoms with Crippen molar-refractivity contribution in [3.05, 3.63) is 0 Å². The molecule has 1 aliphatic rings. The standard InChI is InChI=1S/C12H24O3/c1-11(13)7-3-2-5-9-14-12-8-4-6-10-15-12/h11-13H,2-10H2,1H3/t11-,12?/m1/s1. The summed E-state index contributed by atoms with van der Waals surface area (Å²) in [5.41, 5.74) is 0. The molecule has 15 heavy (non-hydrogen) atoms. The van der Waals surface area contributed by atoms with E-state index in [9.17, 15) is 0 Å². The molecular formula is C12H24O3. The zero-order valence-electron chi connectivity index (χ0n) is 9.78. The van der Waals surface area contributed by atoms with Crippen LogP contribution in [0.15, 0.2) is 0 Å². The first-order chi connectivity index (χ1) is 7.29. The monoisotopic (exact) mass is 216 g/mol. The summed E-state index contributed by atoms with van der Waals surface area (Å²) in [4.78, 5) is 0. The van der Waals surface area contributed by atoms with E-state index in [0.29, 0.717) is 0 Å². The van der Waals surface area contributed by atoms with E-state index in [4.69, 9.17) is 14.6 Å². The van der Waals surface area contributed by atoms with Crippen molar-refractivity contribution in [2.45, 2.75) is 64.3 Å². The molecule has 0 saturated carbocycles. The summed E-state index contributed by atoms with van der Waals surface area (Å²) >= 11 is 0. The van der Waals surface area contributed by atoms with Gasteiger partial charge < -0.3 is 14.6 Å². The normalized spacial score (nSPS) is 24.0. The van der Waals surface area contributed by atoms with Gasteiger partial charge in [0.2, 0.25) is 0 Å². The minimum Gasteiger partial charge on any atom is -0.393 e. The number of aliphatic hydroxyl groups excluding tert-OH is 1. The van der Waals surface area contributed by atoms with Crippen LogP contribution in [0.3, 0.4) is 0 Å². The lowest BCUT2D eigenvalue weighted by molar-refractivity contribution is -0.162. The van der Waals surface area contributed by atoms with Gasteiger partial charge in [-0.25, -0.2) is 0 Å². The molecule has 0 aromatic rings. The van der Waals surface area contributed by atoms with Gasteiger partial charge in [0.1, 0.15) is 0 Å². The van der Waals surface area contributed by atoms with Crippen molar-refractivity contribution in [3.8, 4) is 0 Å². The lowest BCUT2D eigenvalue weighted by atomic mass is 10.1. The molecule has 2 atom stereocenters. The second kappa shape index (κ2) is 8.08. The molecule has 1 unspecified atom stereocenters. The number of rotatable bonds is 7. The predicted molar refractivity (Wildman–Crippen MR) is 59.7 cm³/mol. The Labute approximate surface area is 92.8 Å². The van der Waals surface area contributed by atoms with E-state index >= 15 is 0 Å². The summed E-state index contributed by atoms with van der Waals surface area (Å²) in [6.07, 6.45) is 7.55. The highest BCUT2D eigenvalue weighted by atomic mass is 16.7. The van der Waals surface area contributed by atoms with E-state index < -0.39 is 0 Å². The van der Waals surface area contributed by atoms with E-state index in [-0.39, 0.29) is 12.4 Å². The molecular weight excluding hydrogens is 192 g/mol. The largest absolute Gasteiger partial charge is 0.393 e. The Balaban J connectivity index is 1.83. The molecule has 1 N–H and O–H groups in total. The van der Waals surface area contributed by atoms with Crippen molar-refractivity contribution in [1.29, 1.82) is 0 Å². The van der Waals surface area contributed by atoms with Crippen LogP contribution in [0.1, 0.15) is 51.9 Å². The Bertz CT molecular complexity index is 142. The summed E-state index contributed by atoms with van der Waals surface area (Å²) < 4.78 is 11.1. The highest BCUT2D eigenvalue weighted by molar-refractivity contribution is 4.54. The van der Waals surface area contributed by atoms with E-state index in [0.717, 1.165) is 45.3 Å². The topological polar surface area (TPSA) is 38.7 Å². The third-order valence-electron chi connectivity index (χ3n) is 2.71. The summed E-state index contributed by atoms with van der Waals surface area (Å²) in [6.45, 7) is 3.49. The fourth-order valence-corrected chi connectivity index (χ4v) is 1.78. The van der Waals surface area contributed by atoms with Crippen LogP contribution in [-0.2, 0) is 9.47 Å². The van der Waals surface area contributed by atoms with Crippen LogP contribution in [0.25, 0.3) is 0 Å². The van der Waals surface area contributed by atoms with Gasteiger partial charge in [0.25, 0.3) is 0 Å². The van der Waals surface area contributed by atoms with Crippen LogP contribution in [0.2, 0.25) is 0 Å². The molecule has 3 heteroatoms. The molecule has 0 amide bonds. The molecule has 1 rings (SSSR count). The van der Waals surface area contributed by atoms with Gasteiger partial charge in [0.15, 0.2) is 6.29 Å². The predicted octanol–water partition coefficient (Wildman–Crippen LogP) is 2.47. The number of unbranched alkanes of at least 4 members (excludes halogenated alkanes) is 2. The summed E-state index contributed by atoms with van der Waals surface area (Å²) in [7, 11) is 0. The molecule has 90 valence electrons. The second-order valence-electron chi connectivity index (χ2n) is 4.37. The van der Waals surface area contributed by atoms with Crippen LogP contribution in [0.5, 0.6) is 0 Å². The fourth-order valence-electron chi connectivity index (χ4n) is 1.78. The van der Waals surface area contributed by atoms with Gasteiger partial charge in [-0.2, -0.15) is 0 Å². The fraction of sp³-hybridized carbons (Fsp3) is 1.00. The third kappa shape index (κ3) is 6.88. The van der Waals surface area contributed by atoms with Crippen LogP contribution in [-0.4, -0.2) is 30.7 Å². The van der Waals surface area contributed by atoms with E-state index in [1.54, 1.807) is 0 Å².